The molecular formula is C7H4F2IN3O2S. The van der Waals surface area contributed by atoms with E-state index >= 15 is 0 Å². The Bertz CT molecular complexity index is 568. The van der Waals surface area contributed by atoms with Crippen LogP contribution in [0.4, 0.5) is 8.78 Å². The summed E-state index contributed by atoms with van der Waals surface area (Å²) in [6.07, 6.45) is -2.97. The molecule has 0 unspecified atom stereocenters. The normalized spacial score (nSPS) is 11.5. The maximum absolute atomic E-state index is 12.5. The summed E-state index contributed by atoms with van der Waals surface area (Å²) in [6, 6.07) is 2.32. The van der Waals surface area contributed by atoms with Gasteiger partial charge in [-0.25, -0.2) is 27.3 Å². The minimum Gasteiger partial charge on any atom is -0.228 e. The lowest BCUT2D eigenvalue weighted by Crippen LogP contribution is -2.17. The average Bonchev–Trinajstić information content (AvgIpc) is 2.14. The molecule has 0 atom stereocenters. The first kappa shape index (κ1) is 13.2. The number of pyridine rings is 1. The van der Waals surface area contributed by atoms with Crippen LogP contribution in [-0.4, -0.2) is 13.4 Å². The number of nitrogens with zero attached hydrogens (tertiary/aromatic N) is 2. The molecule has 0 aliphatic heterocycles. The number of sulfonamides is 1. The molecule has 16 heavy (non-hydrogen) atoms. The molecule has 86 valence electrons. The molecule has 1 aromatic heterocycles. The number of halogens is 3. The average molecular weight is 359 g/mol. The fourth-order valence-corrected chi connectivity index (χ4v) is 2.41. The van der Waals surface area contributed by atoms with Crippen molar-refractivity contribution in [3.8, 4) is 6.07 Å². The van der Waals surface area contributed by atoms with E-state index in [4.69, 9.17) is 10.4 Å². The first-order chi connectivity index (χ1) is 7.27. The van der Waals surface area contributed by atoms with Crippen LogP contribution in [0.5, 0.6) is 0 Å². The molecule has 0 fully saturated rings. The zero-order chi connectivity index (χ0) is 12.5. The Balaban J connectivity index is 3.71. The number of nitriles is 1. The van der Waals surface area contributed by atoms with Gasteiger partial charge in [0, 0.05) is 5.56 Å². The molecule has 9 heteroatoms. The van der Waals surface area contributed by atoms with E-state index in [1.54, 1.807) is 22.6 Å². The molecule has 0 spiro atoms. The van der Waals surface area contributed by atoms with Gasteiger partial charge in [-0.15, -0.1) is 0 Å². The van der Waals surface area contributed by atoms with Gasteiger partial charge >= 0.3 is 0 Å². The molecule has 1 heterocycles. The molecule has 0 aliphatic rings. The summed E-state index contributed by atoms with van der Waals surface area (Å²) < 4.78 is 47.2. The molecular weight excluding hydrogens is 355 g/mol. The maximum atomic E-state index is 12.5. The highest BCUT2D eigenvalue weighted by atomic mass is 127. The maximum Gasteiger partial charge on any atom is 0.265 e. The van der Waals surface area contributed by atoms with E-state index in [0.717, 1.165) is 6.07 Å². The molecule has 0 aromatic carbocycles. The largest absolute Gasteiger partial charge is 0.265 e. The van der Waals surface area contributed by atoms with Crippen molar-refractivity contribution in [3.63, 3.8) is 0 Å². The van der Waals surface area contributed by atoms with Crippen LogP contribution in [0.25, 0.3) is 0 Å². The van der Waals surface area contributed by atoms with Crippen LogP contribution in [0, 0.1) is 15.0 Å². The third-order valence-corrected chi connectivity index (χ3v) is 2.99. The van der Waals surface area contributed by atoms with Gasteiger partial charge in [-0.1, -0.05) is 0 Å². The summed E-state index contributed by atoms with van der Waals surface area (Å²) in [5, 5.41) is 12.6. The second-order valence-corrected chi connectivity index (χ2v) is 5.25. The van der Waals surface area contributed by atoms with Crippen LogP contribution in [0.2, 0.25) is 0 Å². The lowest BCUT2D eigenvalue weighted by atomic mass is 10.1. The second-order valence-electron chi connectivity index (χ2n) is 2.67. The van der Waals surface area contributed by atoms with Gasteiger partial charge in [-0.2, -0.15) is 5.26 Å². The summed E-state index contributed by atoms with van der Waals surface area (Å²) in [7, 11) is -4.30. The van der Waals surface area contributed by atoms with Gasteiger partial charge in [-0.05, 0) is 28.7 Å². The highest BCUT2D eigenvalue weighted by Crippen LogP contribution is 2.27. The van der Waals surface area contributed by atoms with Crippen LogP contribution >= 0.6 is 22.6 Å². The lowest BCUT2D eigenvalue weighted by Gasteiger charge is -2.07. The topological polar surface area (TPSA) is 96.8 Å². The Hall–Kier alpha value is -0.860. The number of hydrogen-bond acceptors (Lipinski definition) is 4. The van der Waals surface area contributed by atoms with Gasteiger partial charge in [0.05, 0.1) is 5.56 Å². The summed E-state index contributed by atoms with van der Waals surface area (Å²) in [5.41, 5.74) is -1.40. The van der Waals surface area contributed by atoms with E-state index in [1.165, 1.54) is 6.07 Å². The Labute approximate surface area is 103 Å². The number of aromatic nitrogens is 1. The zero-order valence-electron chi connectivity index (χ0n) is 7.49. The summed E-state index contributed by atoms with van der Waals surface area (Å²) in [5.74, 6) is 0. The zero-order valence-corrected chi connectivity index (χ0v) is 10.5. The van der Waals surface area contributed by atoms with E-state index in [0.29, 0.717) is 0 Å². The summed E-state index contributed by atoms with van der Waals surface area (Å²) in [6.45, 7) is 0. The van der Waals surface area contributed by atoms with Gasteiger partial charge < -0.3 is 0 Å². The molecule has 1 rings (SSSR count). The lowest BCUT2D eigenvalue weighted by molar-refractivity contribution is 0.150. The number of primary sulfonamides is 1. The Kier molecular flexibility index (Phi) is 3.76. The van der Waals surface area contributed by atoms with Crippen molar-refractivity contribution in [2.45, 2.75) is 11.5 Å². The fraction of sp³-hybridized carbons (Fsp3) is 0.143. The third-order valence-electron chi connectivity index (χ3n) is 1.60. The van der Waals surface area contributed by atoms with Crippen LogP contribution in [-0.2, 0) is 10.0 Å². The van der Waals surface area contributed by atoms with Crippen LogP contribution in [0.15, 0.2) is 11.1 Å². The number of rotatable bonds is 2. The highest BCUT2D eigenvalue weighted by molar-refractivity contribution is 14.1. The van der Waals surface area contributed by atoms with E-state index in [1.807, 2.05) is 0 Å². The number of alkyl halides is 2. The molecule has 5 nitrogen and oxygen atoms in total. The van der Waals surface area contributed by atoms with Crippen LogP contribution < -0.4 is 5.14 Å². The van der Waals surface area contributed by atoms with Gasteiger partial charge in [0.15, 0.2) is 5.03 Å². The molecule has 1 aromatic rings. The van der Waals surface area contributed by atoms with Gasteiger partial charge in [0.25, 0.3) is 16.4 Å². The van der Waals surface area contributed by atoms with Crippen molar-refractivity contribution < 1.29 is 17.2 Å². The van der Waals surface area contributed by atoms with Gasteiger partial charge in [0.1, 0.15) is 9.77 Å². The second kappa shape index (κ2) is 4.56. The standard InChI is InChI=1S/C7H4F2IN3O2S/c8-6(9)3-1-5(10)13-7(4(3)2-11)16(12,14)15/h1,6H,(H2,12,14,15). The Morgan fingerprint density at radius 1 is 1.56 bits per heavy atom. The molecule has 0 radical (unpaired) electrons. The summed E-state index contributed by atoms with van der Waals surface area (Å²) >= 11 is 1.56. The van der Waals surface area contributed by atoms with Gasteiger partial charge in [-0.3, -0.25) is 0 Å². The molecule has 0 amide bonds. The van der Waals surface area contributed by atoms with Crippen molar-refractivity contribution in [3.05, 3.63) is 20.9 Å². The smallest absolute Gasteiger partial charge is 0.228 e. The molecule has 0 bridgehead atoms. The van der Waals surface area contributed by atoms with Crippen LogP contribution in [0.1, 0.15) is 17.6 Å². The van der Waals surface area contributed by atoms with Gasteiger partial charge in [0.2, 0.25) is 0 Å². The van der Waals surface area contributed by atoms with Crippen molar-refractivity contribution in [1.29, 1.82) is 5.26 Å². The first-order valence-electron chi connectivity index (χ1n) is 3.69. The van der Waals surface area contributed by atoms with E-state index in [2.05, 4.69) is 4.98 Å². The SMILES string of the molecule is N#Cc1c(C(F)F)cc(I)nc1S(N)(=O)=O. The van der Waals surface area contributed by atoms with E-state index in [-0.39, 0.29) is 3.70 Å². The van der Waals surface area contributed by atoms with Crippen LogP contribution in [0.3, 0.4) is 0 Å². The number of hydrogen-bond donors (Lipinski definition) is 1. The quantitative estimate of drug-likeness (QED) is 0.633. The predicted octanol–water partition coefficient (Wildman–Crippen LogP) is 1.14. The van der Waals surface area contributed by atoms with E-state index in [9.17, 15) is 17.2 Å². The highest BCUT2D eigenvalue weighted by Gasteiger charge is 2.24. The monoisotopic (exact) mass is 359 g/mol. The van der Waals surface area contributed by atoms with E-state index < -0.39 is 32.6 Å². The molecule has 0 saturated heterocycles. The molecule has 0 saturated carbocycles. The third kappa shape index (κ3) is 2.63. The fourth-order valence-electron chi connectivity index (χ4n) is 0.999. The van der Waals surface area contributed by atoms with Crippen molar-refractivity contribution >= 4 is 32.6 Å². The minimum absolute atomic E-state index is 0.0240. The summed E-state index contributed by atoms with van der Waals surface area (Å²) in [4.78, 5) is 3.48. The number of nitrogens with two attached hydrogens (primary N) is 1. The Morgan fingerprint density at radius 3 is 2.50 bits per heavy atom. The van der Waals surface area contributed by atoms with Crippen molar-refractivity contribution in [2.75, 3.05) is 0 Å². The predicted molar refractivity (Wildman–Crippen MR) is 58.0 cm³/mol. The van der Waals surface area contributed by atoms with Crippen molar-refractivity contribution in [1.82, 2.24) is 4.98 Å². The molecule has 0 aliphatic carbocycles. The van der Waals surface area contributed by atoms with Crippen molar-refractivity contribution in [2.24, 2.45) is 5.14 Å². The first-order valence-corrected chi connectivity index (χ1v) is 6.31. The molecule has 2 N–H and O–H groups in total. The minimum atomic E-state index is -4.30. The Morgan fingerprint density at radius 2 is 2.12 bits per heavy atom.